The SMILES string of the molecule is CCOC(=O)N1CCN(c2cc3c(cc2F)c(=O)c(Br)cn3CC)CC1. The van der Waals surface area contributed by atoms with Crippen molar-refractivity contribution < 1.29 is 13.9 Å². The number of hydrogen-bond donors (Lipinski definition) is 0. The van der Waals surface area contributed by atoms with Crippen molar-refractivity contribution in [3.63, 3.8) is 0 Å². The molecule has 2 heterocycles. The third-order valence-corrected chi connectivity index (χ3v) is 5.16. The Morgan fingerprint density at radius 3 is 2.54 bits per heavy atom. The van der Waals surface area contributed by atoms with Crippen LogP contribution in [-0.2, 0) is 11.3 Å². The van der Waals surface area contributed by atoms with Gasteiger partial charge in [0.1, 0.15) is 5.82 Å². The zero-order valence-electron chi connectivity index (χ0n) is 14.8. The molecule has 1 saturated heterocycles. The lowest BCUT2D eigenvalue weighted by Crippen LogP contribution is -2.49. The summed E-state index contributed by atoms with van der Waals surface area (Å²) < 4.78 is 22.1. The highest BCUT2D eigenvalue weighted by molar-refractivity contribution is 9.10. The van der Waals surface area contributed by atoms with Crippen LogP contribution in [0.5, 0.6) is 0 Å². The molecule has 0 radical (unpaired) electrons. The number of carbonyl (C=O) groups is 1. The van der Waals surface area contributed by atoms with Gasteiger partial charge in [-0.2, -0.15) is 0 Å². The van der Waals surface area contributed by atoms with Crippen molar-refractivity contribution in [2.24, 2.45) is 0 Å². The van der Waals surface area contributed by atoms with Crippen molar-refractivity contribution in [2.45, 2.75) is 20.4 Å². The maximum absolute atomic E-state index is 14.7. The van der Waals surface area contributed by atoms with Gasteiger partial charge in [0.2, 0.25) is 5.43 Å². The van der Waals surface area contributed by atoms with Gasteiger partial charge in [-0.3, -0.25) is 4.79 Å². The van der Waals surface area contributed by atoms with E-state index in [1.54, 1.807) is 24.1 Å². The molecule has 1 fully saturated rings. The van der Waals surface area contributed by atoms with Gasteiger partial charge in [0.25, 0.3) is 0 Å². The summed E-state index contributed by atoms with van der Waals surface area (Å²) in [6.07, 6.45) is 1.39. The lowest BCUT2D eigenvalue weighted by molar-refractivity contribution is 0.105. The first-order valence-corrected chi connectivity index (χ1v) is 9.44. The average Bonchev–Trinajstić information content (AvgIpc) is 2.65. The maximum Gasteiger partial charge on any atom is 0.409 e. The molecule has 0 aliphatic carbocycles. The molecule has 1 aromatic heterocycles. The molecular formula is C18H21BrFN3O3. The predicted molar refractivity (Wildman–Crippen MR) is 102 cm³/mol. The smallest absolute Gasteiger partial charge is 0.409 e. The van der Waals surface area contributed by atoms with Crippen LogP contribution in [0.1, 0.15) is 13.8 Å². The molecule has 0 spiro atoms. The highest BCUT2D eigenvalue weighted by Crippen LogP contribution is 2.27. The number of hydrogen-bond acceptors (Lipinski definition) is 4. The Hall–Kier alpha value is -2.09. The highest BCUT2D eigenvalue weighted by Gasteiger charge is 2.24. The minimum atomic E-state index is -0.431. The van der Waals surface area contributed by atoms with Crippen molar-refractivity contribution in [3.8, 4) is 0 Å². The van der Waals surface area contributed by atoms with E-state index < -0.39 is 5.82 Å². The molecule has 3 rings (SSSR count). The number of piperazine rings is 1. The summed E-state index contributed by atoms with van der Waals surface area (Å²) in [5.41, 5.74) is 0.928. The number of benzene rings is 1. The molecule has 0 unspecified atom stereocenters. The van der Waals surface area contributed by atoms with Crippen LogP contribution in [0.4, 0.5) is 14.9 Å². The van der Waals surface area contributed by atoms with Crippen molar-refractivity contribution in [2.75, 3.05) is 37.7 Å². The Labute approximate surface area is 159 Å². The van der Waals surface area contributed by atoms with Gasteiger partial charge in [-0.25, -0.2) is 9.18 Å². The van der Waals surface area contributed by atoms with E-state index in [2.05, 4.69) is 15.9 Å². The number of anilines is 1. The van der Waals surface area contributed by atoms with Crippen LogP contribution < -0.4 is 10.3 Å². The lowest BCUT2D eigenvalue weighted by atomic mass is 10.1. The molecule has 26 heavy (non-hydrogen) atoms. The van der Waals surface area contributed by atoms with Crippen LogP contribution in [0.25, 0.3) is 10.9 Å². The number of nitrogens with zero attached hydrogens (tertiary/aromatic N) is 3. The predicted octanol–water partition coefficient (Wildman–Crippen LogP) is 3.20. The molecular weight excluding hydrogens is 405 g/mol. The summed E-state index contributed by atoms with van der Waals surface area (Å²) in [5, 5.41) is 0.354. The Bertz CT molecular complexity index is 891. The van der Waals surface area contributed by atoms with Crippen LogP contribution in [0, 0.1) is 5.82 Å². The number of halogens is 2. The quantitative estimate of drug-likeness (QED) is 0.757. The average molecular weight is 426 g/mol. The Morgan fingerprint density at radius 2 is 1.92 bits per heavy atom. The first-order chi connectivity index (χ1) is 12.5. The molecule has 0 atom stereocenters. The second kappa shape index (κ2) is 7.65. The zero-order chi connectivity index (χ0) is 18.8. The Morgan fingerprint density at radius 1 is 1.23 bits per heavy atom. The number of aromatic nitrogens is 1. The van der Waals surface area contributed by atoms with Crippen LogP contribution in [0.3, 0.4) is 0 Å². The second-order valence-electron chi connectivity index (χ2n) is 6.09. The largest absolute Gasteiger partial charge is 0.450 e. The monoisotopic (exact) mass is 425 g/mol. The molecule has 1 amide bonds. The number of pyridine rings is 1. The molecule has 0 bridgehead atoms. The van der Waals surface area contributed by atoms with E-state index in [0.717, 1.165) is 0 Å². The number of aryl methyl sites for hydroxylation is 1. The van der Waals surface area contributed by atoms with Crippen molar-refractivity contribution >= 4 is 38.6 Å². The van der Waals surface area contributed by atoms with Gasteiger partial charge in [0.15, 0.2) is 0 Å². The number of amides is 1. The summed E-state index contributed by atoms with van der Waals surface area (Å²) >= 11 is 3.24. The molecule has 2 aromatic rings. The summed E-state index contributed by atoms with van der Waals surface area (Å²) in [6.45, 7) is 6.69. The van der Waals surface area contributed by atoms with Gasteiger partial charge in [-0.15, -0.1) is 0 Å². The fraction of sp³-hybridized carbons (Fsp3) is 0.444. The van der Waals surface area contributed by atoms with Gasteiger partial charge in [0, 0.05) is 44.3 Å². The third kappa shape index (κ3) is 3.42. The van der Waals surface area contributed by atoms with E-state index >= 15 is 0 Å². The van der Waals surface area contributed by atoms with Gasteiger partial charge >= 0.3 is 6.09 Å². The van der Waals surface area contributed by atoms with E-state index in [1.807, 2.05) is 16.4 Å². The van der Waals surface area contributed by atoms with Crippen LogP contribution in [-0.4, -0.2) is 48.3 Å². The van der Waals surface area contributed by atoms with Crippen LogP contribution in [0.15, 0.2) is 27.6 Å². The van der Waals surface area contributed by atoms with Gasteiger partial charge in [-0.1, -0.05) is 0 Å². The summed E-state index contributed by atoms with van der Waals surface area (Å²) in [6, 6.07) is 3.03. The topological polar surface area (TPSA) is 54.8 Å². The molecule has 8 heteroatoms. The highest BCUT2D eigenvalue weighted by atomic mass is 79.9. The van der Waals surface area contributed by atoms with Crippen molar-refractivity contribution in [1.29, 1.82) is 0 Å². The lowest BCUT2D eigenvalue weighted by Gasteiger charge is -2.35. The van der Waals surface area contributed by atoms with E-state index in [-0.39, 0.29) is 11.5 Å². The summed E-state index contributed by atoms with van der Waals surface area (Å²) in [5.74, 6) is -0.431. The first-order valence-electron chi connectivity index (χ1n) is 8.65. The van der Waals surface area contributed by atoms with Crippen molar-refractivity contribution in [1.82, 2.24) is 9.47 Å². The first kappa shape index (κ1) is 18.7. The minimum Gasteiger partial charge on any atom is -0.450 e. The fourth-order valence-corrected chi connectivity index (χ4v) is 3.67. The molecule has 1 aliphatic heterocycles. The summed E-state index contributed by atoms with van der Waals surface area (Å²) in [7, 11) is 0. The van der Waals surface area contributed by atoms with E-state index in [1.165, 1.54) is 6.07 Å². The Balaban J connectivity index is 1.92. The molecule has 0 saturated carbocycles. The molecule has 1 aromatic carbocycles. The Kier molecular flexibility index (Phi) is 5.50. The standard InChI is InChI=1S/C18H21BrFN3O3/c1-3-21-11-13(19)17(24)12-9-14(20)16(10-15(12)21)22-5-7-23(8-6-22)18(25)26-4-2/h9-11H,3-8H2,1-2H3. The number of ether oxygens (including phenoxy) is 1. The molecule has 1 aliphatic rings. The third-order valence-electron chi connectivity index (χ3n) is 4.59. The molecule has 6 nitrogen and oxygen atoms in total. The number of rotatable bonds is 3. The van der Waals surface area contributed by atoms with E-state index in [9.17, 15) is 14.0 Å². The van der Waals surface area contributed by atoms with Crippen LogP contribution in [0.2, 0.25) is 0 Å². The number of fused-ring (bicyclic) bond motifs is 1. The van der Waals surface area contributed by atoms with Gasteiger partial charge in [0.05, 0.1) is 22.3 Å². The molecule has 0 N–H and O–H groups in total. The van der Waals surface area contributed by atoms with Crippen molar-refractivity contribution in [3.05, 3.63) is 38.8 Å². The van der Waals surface area contributed by atoms with Crippen LogP contribution >= 0.6 is 15.9 Å². The second-order valence-corrected chi connectivity index (χ2v) is 6.94. The zero-order valence-corrected chi connectivity index (χ0v) is 16.4. The molecule has 140 valence electrons. The summed E-state index contributed by atoms with van der Waals surface area (Å²) in [4.78, 5) is 27.6. The van der Waals surface area contributed by atoms with E-state index in [4.69, 9.17) is 4.74 Å². The van der Waals surface area contributed by atoms with Gasteiger partial charge in [-0.05, 0) is 41.9 Å². The van der Waals surface area contributed by atoms with Gasteiger partial charge < -0.3 is 19.1 Å². The minimum absolute atomic E-state index is 0.220. The number of carbonyl (C=O) groups excluding carboxylic acids is 1. The van der Waals surface area contributed by atoms with E-state index in [0.29, 0.717) is 60.4 Å². The maximum atomic E-state index is 14.7. The fourth-order valence-electron chi connectivity index (χ4n) is 3.21. The normalized spacial score (nSPS) is 14.8.